The lowest BCUT2D eigenvalue weighted by atomic mass is 9.90. The van der Waals surface area contributed by atoms with E-state index in [2.05, 4.69) is 207 Å². The fourth-order valence-electron chi connectivity index (χ4n) is 14.2. The van der Waals surface area contributed by atoms with Gasteiger partial charge in [0.25, 0.3) is 0 Å². The number of benzene rings is 11. The first kappa shape index (κ1) is 59.1. The van der Waals surface area contributed by atoms with Gasteiger partial charge in [-0.15, -0.1) is 0 Å². The van der Waals surface area contributed by atoms with Crippen molar-refractivity contribution >= 4 is 87.2 Å². The Balaban J connectivity index is 0.000000142. The van der Waals surface area contributed by atoms with Crippen molar-refractivity contribution in [1.29, 1.82) is 0 Å². The van der Waals surface area contributed by atoms with Crippen molar-refractivity contribution in [2.45, 2.75) is 0 Å². The molecule has 0 saturated heterocycles. The third-order valence-electron chi connectivity index (χ3n) is 19.0. The molecule has 0 fully saturated rings. The lowest BCUT2D eigenvalue weighted by Gasteiger charge is -2.15. The summed E-state index contributed by atoms with van der Waals surface area (Å²) in [6.45, 7) is 0. The molecule has 20 aromatic rings. The average molecular weight is 1310 g/mol. The Morgan fingerprint density at radius 3 is 1.10 bits per heavy atom. The number of hydrogen-bond acceptors (Lipinski definition) is 13. The second-order valence-electron chi connectivity index (χ2n) is 25.0. The highest BCUT2D eigenvalue weighted by molar-refractivity contribution is 6.28. The molecule has 9 aromatic heterocycles. The minimum Gasteiger partial charge on any atom is -0.255 e. The van der Waals surface area contributed by atoms with Crippen molar-refractivity contribution in [2.24, 2.45) is 0 Å². The molecular formula is C89H53N11O2. The van der Waals surface area contributed by atoms with Crippen LogP contribution in [0.1, 0.15) is 0 Å². The first-order valence-electron chi connectivity index (χ1n) is 33.6. The third-order valence-corrected chi connectivity index (χ3v) is 19.0. The van der Waals surface area contributed by atoms with Crippen LogP contribution in [0.25, 0.3) is 200 Å². The van der Waals surface area contributed by atoms with Gasteiger partial charge in [0.2, 0.25) is 0 Å². The smallest absolute Gasteiger partial charge is 0.144 e. The number of rotatable bonds is 10. The summed E-state index contributed by atoms with van der Waals surface area (Å²) >= 11 is 0. The summed E-state index contributed by atoms with van der Waals surface area (Å²) in [5.41, 5.74) is 25.1. The van der Waals surface area contributed by atoms with Crippen molar-refractivity contribution in [3.63, 3.8) is 0 Å². The van der Waals surface area contributed by atoms with Crippen LogP contribution in [0.15, 0.2) is 331 Å². The Labute approximate surface area is 582 Å². The second kappa shape index (κ2) is 25.0. The normalized spacial score (nSPS) is 11.5. The average Bonchev–Trinajstić information content (AvgIpc) is 1.22. The molecule has 0 aliphatic carbocycles. The molecule has 0 N–H and O–H groups in total. The lowest BCUT2D eigenvalue weighted by molar-refractivity contribution is 0.316. The molecule has 0 amide bonds. The highest BCUT2D eigenvalue weighted by atomic mass is 16.6. The van der Waals surface area contributed by atoms with Crippen LogP contribution in [0.3, 0.4) is 0 Å². The van der Waals surface area contributed by atoms with Crippen molar-refractivity contribution in [3.05, 3.63) is 322 Å². The quantitative estimate of drug-likeness (QED) is 0.119. The minimum absolute atomic E-state index is 0.689. The molecule has 0 aliphatic rings. The Bertz CT molecular complexity index is 6530. The van der Waals surface area contributed by atoms with E-state index in [1.165, 1.54) is 0 Å². The number of pyridine rings is 7. The van der Waals surface area contributed by atoms with E-state index in [1.807, 2.05) is 133 Å². The molecule has 0 unspecified atom stereocenters. The Morgan fingerprint density at radius 2 is 0.608 bits per heavy atom. The topological polar surface area (TPSA) is 168 Å². The fraction of sp³-hybridized carbons (Fsp3) is 0. The predicted molar refractivity (Wildman–Crippen MR) is 408 cm³/mol. The molecule has 0 bridgehead atoms. The third kappa shape index (κ3) is 10.5. The van der Waals surface area contributed by atoms with Gasteiger partial charge in [0, 0.05) is 88.9 Å². The molecule has 11 aromatic carbocycles. The monoisotopic (exact) mass is 1310 g/mol. The van der Waals surface area contributed by atoms with E-state index in [0.717, 1.165) is 177 Å². The van der Waals surface area contributed by atoms with Crippen molar-refractivity contribution in [3.8, 4) is 112 Å². The molecule has 0 radical (unpaired) electrons. The van der Waals surface area contributed by atoms with Gasteiger partial charge < -0.3 is 0 Å². The number of fused-ring (bicyclic) bond motifs is 13. The van der Waals surface area contributed by atoms with Gasteiger partial charge in [-0.25, -0.2) is 34.2 Å². The van der Waals surface area contributed by atoms with Gasteiger partial charge in [-0.2, -0.15) is 0 Å². The zero-order valence-electron chi connectivity index (χ0n) is 54.3. The largest absolute Gasteiger partial charge is 0.255 e. The predicted octanol–water partition coefficient (Wildman–Crippen LogP) is 21.8. The highest BCUT2D eigenvalue weighted by Gasteiger charge is 2.25. The maximum Gasteiger partial charge on any atom is 0.144 e. The fourth-order valence-corrected chi connectivity index (χ4v) is 14.2. The lowest BCUT2D eigenvalue weighted by Crippen LogP contribution is -1.95. The number of nitrogens with zero attached hydrogens (tertiary/aromatic N) is 11. The highest BCUT2D eigenvalue weighted by Crippen LogP contribution is 2.46. The molecule has 9 heterocycles. The summed E-state index contributed by atoms with van der Waals surface area (Å²) < 4.78 is 11.0. The molecular weight excluding hydrogens is 1260 g/mol. The van der Waals surface area contributed by atoms with Gasteiger partial charge in [0.05, 0.1) is 67.6 Å². The summed E-state index contributed by atoms with van der Waals surface area (Å²) in [5.74, 6) is 0. The summed E-state index contributed by atoms with van der Waals surface area (Å²) in [5, 5.41) is 25.8. The van der Waals surface area contributed by atoms with E-state index in [9.17, 15) is 0 Å². The van der Waals surface area contributed by atoms with Crippen LogP contribution in [-0.2, 0) is 0 Å². The summed E-state index contributed by atoms with van der Waals surface area (Å²) in [6, 6.07) is 105. The van der Waals surface area contributed by atoms with E-state index in [1.54, 1.807) is 12.4 Å². The molecule has 20 rings (SSSR count). The van der Waals surface area contributed by atoms with Crippen LogP contribution >= 0.6 is 0 Å². The molecule has 0 aliphatic heterocycles. The van der Waals surface area contributed by atoms with E-state index < -0.39 is 0 Å². The van der Waals surface area contributed by atoms with Crippen LogP contribution < -0.4 is 0 Å². The van der Waals surface area contributed by atoms with Gasteiger partial charge in [-0.3, -0.25) is 9.97 Å². The van der Waals surface area contributed by atoms with E-state index in [0.29, 0.717) is 22.1 Å². The maximum atomic E-state index is 5.49. The minimum atomic E-state index is 0.689. The summed E-state index contributed by atoms with van der Waals surface area (Å²) in [4.78, 5) is 35.2. The van der Waals surface area contributed by atoms with Gasteiger partial charge in [0.15, 0.2) is 0 Å². The van der Waals surface area contributed by atoms with E-state index in [-0.39, 0.29) is 0 Å². The molecule has 0 atom stereocenters. The molecule has 102 heavy (non-hydrogen) atoms. The van der Waals surface area contributed by atoms with Crippen LogP contribution in [0.5, 0.6) is 0 Å². The van der Waals surface area contributed by atoms with Crippen LogP contribution in [0.4, 0.5) is 0 Å². The second-order valence-corrected chi connectivity index (χ2v) is 25.0. The van der Waals surface area contributed by atoms with Crippen molar-refractivity contribution in [2.75, 3.05) is 0 Å². The van der Waals surface area contributed by atoms with Gasteiger partial charge in [-0.05, 0) is 127 Å². The Morgan fingerprint density at radius 1 is 0.206 bits per heavy atom. The van der Waals surface area contributed by atoms with Crippen LogP contribution in [0.2, 0.25) is 0 Å². The first-order chi connectivity index (χ1) is 50.6. The van der Waals surface area contributed by atoms with Crippen LogP contribution in [0, 0.1) is 0 Å². The zero-order chi connectivity index (χ0) is 67.5. The van der Waals surface area contributed by atoms with Crippen LogP contribution in [-0.4, -0.2) is 55.5 Å². The molecule has 13 nitrogen and oxygen atoms in total. The van der Waals surface area contributed by atoms with Crippen molar-refractivity contribution in [1.82, 2.24) is 55.5 Å². The first-order valence-corrected chi connectivity index (χ1v) is 33.6. The zero-order valence-corrected chi connectivity index (χ0v) is 54.3. The van der Waals surface area contributed by atoms with E-state index >= 15 is 0 Å². The number of hydrogen-bond donors (Lipinski definition) is 0. The van der Waals surface area contributed by atoms with E-state index in [4.69, 9.17) is 34.2 Å². The van der Waals surface area contributed by atoms with Gasteiger partial charge >= 0.3 is 0 Å². The molecule has 13 heteroatoms. The Kier molecular flexibility index (Phi) is 14.5. The maximum absolute atomic E-state index is 5.49. The molecule has 0 spiro atoms. The molecule has 476 valence electrons. The Hall–Kier alpha value is -14.2. The molecule has 0 saturated carbocycles. The van der Waals surface area contributed by atoms with Gasteiger partial charge in [0.1, 0.15) is 22.1 Å². The number of aromatic nitrogens is 11. The van der Waals surface area contributed by atoms with Gasteiger partial charge in [-0.1, -0.05) is 237 Å². The summed E-state index contributed by atoms with van der Waals surface area (Å²) in [6.07, 6.45) is 3.58. The standard InChI is InChI=1S/C46H28N6O.C43H25N5O/c1-3-12-30(13-4-1)35-28-36-43(46-45(35)51-53-52-46)42-34(16-11-19-39(42)50-44(36)32-14-5-2-6-15-32)31-22-20-29(21-23-31)33-26-40(37-17-7-9-24-47-37)49-41(27-33)38-18-8-10-25-48-38;1-4-11-26(12-5-1)32-25-33-38(43-42(32)47-49-48-43)37-31(17-10-18-36(37)46-39(33)28-15-8-3-9-16-28)35-24-22-30-20-19-29-21-23-34(27-13-6-2-7-14-27)44-40(29)41(30)45-35/h1-28H;1-25H. The summed E-state index contributed by atoms with van der Waals surface area (Å²) in [7, 11) is 0. The van der Waals surface area contributed by atoms with Crippen molar-refractivity contribution < 1.29 is 9.26 Å². The SMILES string of the molecule is c1ccc(-c2ccc3ccc4ccc(-c5cccc6nc(-c7ccccc7)c7cc(-c8ccccc8)c8nonc8c7c56)nc4c3n2)cc1.c1ccc(-c2nc3cccc(-c4ccc(-c5cc(-c6ccccn6)nc(-c6ccccn6)c5)cc4)c3c3c2cc(-c2ccccc2)c2nonc23)cc1.